The lowest BCUT2D eigenvalue weighted by atomic mass is 10.2. The summed E-state index contributed by atoms with van der Waals surface area (Å²) in [5.74, 6) is -0.331. The number of sulfonamides is 1. The van der Waals surface area contributed by atoms with Gasteiger partial charge in [-0.3, -0.25) is 0 Å². The number of hydrogen-bond acceptors (Lipinski definition) is 5. The Balaban J connectivity index is 2.42. The fourth-order valence-corrected chi connectivity index (χ4v) is 5.46. The molecule has 2 rings (SSSR count). The number of nitrogens with two attached hydrogens (primary N) is 1. The van der Waals surface area contributed by atoms with Crippen molar-refractivity contribution in [2.75, 3.05) is 30.3 Å². The highest BCUT2D eigenvalue weighted by Crippen LogP contribution is 2.28. The molecule has 1 aromatic rings. The number of nitrogens with zero attached hydrogens (tertiary/aromatic N) is 1. The van der Waals surface area contributed by atoms with Crippen LogP contribution in [0.3, 0.4) is 0 Å². The first kappa shape index (κ1) is 15.6. The van der Waals surface area contributed by atoms with Crippen molar-refractivity contribution in [3.8, 4) is 0 Å². The highest BCUT2D eigenvalue weighted by molar-refractivity contribution is 7.92. The van der Waals surface area contributed by atoms with E-state index in [1.54, 1.807) is 6.92 Å². The zero-order valence-corrected chi connectivity index (χ0v) is 13.2. The monoisotopic (exact) mass is 338 g/mol. The first-order chi connectivity index (χ1) is 9.13. The smallest absolute Gasteiger partial charge is 0.243 e. The summed E-state index contributed by atoms with van der Waals surface area (Å²) in [5, 5.41) is 0.233. The Morgan fingerprint density at radius 3 is 2.35 bits per heavy atom. The predicted octanol–water partition coefficient (Wildman–Crippen LogP) is 0.650. The Morgan fingerprint density at radius 2 is 1.80 bits per heavy atom. The fraction of sp³-hybridized carbons (Fsp3) is 0.455. The minimum Gasteiger partial charge on any atom is -0.398 e. The van der Waals surface area contributed by atoms with Gasteiger partial charge in [0, 0.05) is 23.8 Å². The largest absolute Gasteiger partial charge is 0.398 e. The number of nitrogen functional groups attached to an aromatic ring is 1. The Morgan fingerprint density at radius 1 is 1.25 bits per heavy atom. The predicted molar refractivity (Wildman–Crippen MR) is 78.0 cm³/mol. The van der Waals surface area contributed by atoms with E-state index in [-0.39, 0.29) is 34.5 Å². The van der Waals surface area contributed by atoms with Crippen LogP contribution in [0.5, 0.6) is 0 Å². The Hall–Kier alpha value is -0.830. The van der Waals surface area contributed by atoms with Crippen molar-refractivity contribution in [3.05, 3.63) is 22.7 Å². The van der Waals surface area contributed by atoms with Crippen molar-refractivity contribution in [1.29, 1.82) is 0 Å². The standard InChI is InChI=1S/C11H15ClN2O4S2/c1-8-10(13)6-9(12)7-11(8)20(17,18)14-2-4-19(15,16)5-3-14/h6-7H,2-5,13H2,1H3. The second-order valence-electron chi connectivity index (χ2n) is 4.67. The van der Waals surface area contributed by atoms with Crippen LogP contribution < -0.4 is 5.73 Å². The van der Waals surface area contributed by atoms with E-state index in [2.05, 4.69) is 0 Å². The molecular formula is C11H15ClN2O4S2. The maximum Gasteiger partial charge on any atom is 0.243 e. The van der Waals surface area contributed by atoms with Crippen LogP contribution in [0, 0.1) is 6.92 Å². The zero-order valence-electron chi connectivity index (χ0n) is 10.8. The van der Waals surface area contributed by atoms with Gasteiger partial charge >= 0.3 is 0 Å². The third-order valence-electron chi connectivity index (χ3n) is 3.29. The molecule has 0 radical (unpaired) electrons. The van der Waals surface area contributed by atoms with Crippen LogP contribution >= 0.6 is 11.6 Å². The van der Waals surface area contributed by atoms with Crippen LogP contribution in [0.15, 0.2) is 17.0 Å². The summed E-state index contributed by atoms with van der Waals surface area (Å²) < 4.78 is 49.0. The minimum atomic E-state index is -3.78. The number of rotatable bonds is 2. The maximum absolute atomic E-state index is 12.5. The van der Waals surface area contributed by atoms with Crippen LogP contribution in [0.1, 0.15) is 5.56 Å². The summed E-state index contributed by atoms with van der Waals surface area (Å²) in [4.78, 5) is 0.0294. The summed E-state index contributed by atoms with van der Waals surface area (Å²) in [6.45, 7) is 1.51. The zero-order chi connectivity index (χ0) is 15.1. The summed E-state index contributed by atoms with van der Waals surface area (Å²) in [6.07, 6.45) is 0. The van der Waals surface area contributed by atoms with Crippen LogP contribution in [0.25, 0.3) is 0 Å². The summed E-state index contributed by atoms with van der Waals surface area (Å²) in [6, 6.07) is 2.82. The first-order valence-corrected chi connectivity index (χ1v) is 9.53. The van der Waals surface area contributed by atoms with Gasteiger partial charge in [-0.25, -0.2) is 16.8 Å². The van der Waals surface area contributed by atoms with Crippen LogP contribution in [-0.2, 0) is 19.9 Å². The van der Waals surface area contributed by atoms with Gasteiger partial charge in [0.1, 0.15) is 0 Å². The second kappa shape index (κ2) is 5.18. The van der Waals surface area contributed by atoms with E-state index >= 15 is 0 Å². The van der Waals surface area contributed by atoms with E-state index < -0.39 is 19.9 Å². The number of halogens is 1. The van der Waals surface area contributed by atoms with E-state index in [4.69, 9.17) is 17.3 Å². The molecule has 0 aliphatic carbocycles. The molecule has 0 saturated carbocycles. The van der Waals surface area contributed by atoms with Crippen LogP contribution in [-0.4, -0.2) is 45.7 Å². The fourth-order valence-electron chi connectivity index (χ4n) is 2.02. The Bertz CT molecular complexity index is 730. The molecule has 0 amide bonds. The molecule has 112 valence electrons. The summed E-state index contributed by atoms with van der Waals surface area (Å²) >= 11 is 5.85. The maximum atomic E-state index is 12.5. The topological polar surface area (TPSA) is 97.5 Å². The van der Waals surface area contributed by atoms with Gasteiger partial charge in [-0.1, -0.05) is 11.6 Å². The number of sulfone groups is 1. The summed E-state index contributed by atoms with van der Waals surface area (Å²) in [7, 11) is -6.92. The second-order valence-corrected chi connectivity index (χ2v) is 9.32. The first-order valence-electron chi connectivity index (χ1n) is 5.90. The van der Waals surface area contributed by atoms with Gasteiger partial charge in [-0.15, -0.1) is 0 Å². The Labute approximate surface area is 123 Å². The SMILES string of the molecule is Cc1c(N)cc(Cl)cc1S(=O)(=O)N1CCS(=O)(=O)CC1. The molecule has 9 heteroatoms. The molecule has 0 atom stereocenters. The molecule has 1 fully saturated rings. The highest BCUT2D eigenvalue weighted by Gasteiger charge is 2.32. The van der Waals surface area contributed by atoms with Crippen molar-refractivity contribution >= 4 is 37.1 Å². The average molecular weight is 339 g/mol. The summed E-state index contributed by atoms with van der Waals surface area (Å²) in [5.41, 5.74) is 6.44. The Kier molecular flexibility index (Phi) is 4.03. The molecule has 1 aromatic carbocycles. The van der Waals surface area contributed by atoms with Gasteiger partial charge in [-0.05, 0) is 24.6 Å². The molecule has 6 nitrogen and oxygen atoms in total. The molecule has 1 heterocycles. The molecule has 0 spiro atoms. The molecule has 1 aliphatic heterocycles. The minimum absolute atomic E-state index is 0.0294. The normalized spacial score (nSPS) is 19.9. The van der Waals surface area contributed by atoms with E-state index in [1.807, 2.05) is 0 Å². The van der Waals surface area contributed by atoms with Gasteiger partial charge in [0.2, 0.25) is 10.0 Å². The number of benzene rings is 1. The molecule has 2 N–H and O–H groups in total. The third-order valence-corrected chi connectivity index (χ3v) is 7.14. The molecule has 1 aliphatic rings. The number of anilines is 1. The van der Waals surface area contributed by atoms with Crippen LogP contribution in [0.4, 0.5) is 5.69 Å². The van der Waals surface area contributed by atoms with Gasteiger partial charge in [0.25, 0.3) is 0 Å². The van der Waals surface area contributed by atoms with E-state index in [0.717, 1.165) is 4.31 Å². The van der Waals surface area contributed by atoms with Crippen molar-refractivity contribution in [1.82, 2.24) is 4.31 Å². The van der Waals surface area contributed by atoms with Crippen molar-refractivity contribution < 1.29 is 16.8 Å². The van der Waals surface area contributed by atoms with E-state index in [0.29, 0.717) is 11.3 Å². The third kappa shape index (κ3) is 2.93. The van der Waals surface area contributed by atoms with Gasteiger partial charge in [0.05, 0.1) is 16.4 Å². The molecule has 0 unspecified atom stereocenters. The molecule has 0 bridgehead atoms. The molecular weight excluding hydrogens is 324 g/mol. The molecule has 20 heavy (non-hydrogen) atoms. The average Bonchev–Trinajstić information content (AvgIpc) is 2.33. The van der Waals surface area contributed by atoms with Crippen molar-refractivity contribution in [3.63, 3.8) is 0 Å². The lowest BCUT2D eigenvalue weighted by Crippen LogP contribution is -2.43. The van der Waals surface area contributed by atoms with E-state index in [9.17, 15) is 16.8 Å². The van der Waals surface area contributed by atoms with Crippen molar-refractivity contribution in [2.45, 2.75) is 11.8 Å². The van der Waals surface area contributed by atoms with E-state index in [1.165, 1.54) is 12.1 Å². The van der Waals surface area contributed by atoms with Gasteiger partial charge in [0.15, 0.2) is 9.84 Å². The molecule has 0 aromatic heterocycles. The lowest BCUT2D eigenvalue weighted by molar-refractivity contribution is 0.430. The lowest BCUT2D eigenvalue weighted by Gasteiger charge is -2.26. The van der Waals surface area contributed by atoms with Gasteiger partial charge < -0.3 is 5.73 Å². The van der Waals surface area contributed by atoms with Crippen LogP contribution in [0.2, 0.25) is 5.02 Å². The quantitative estimate of drug-likeness (QED) is 0.798. The van der Waals surface area contributed by atoms with Crippen molar-refractivity contribution in [2.24, 2.45) is 0 Å². The highest BCUT2D eigenvalue weighted by atomic mass is 35.5. The number of hydrogen-bond donors (Lipinski definition) is 1. The molecule has 1 saturated heterocycles. The van der Waals surface area contributed by atoms with Gasteiger partial charge in [-0.2, -0.15) is 4.31 Å².